The molecule has 1 rings (SSSR count). The molecule has 0 amide bonds. The normalized spacial score (nSPS) is 9.33. The molecule has 0 saturated heterocycles. The number of thiocarbonyl (C=S) groups is 1. The third-order valence-electron chi connectivity index (χ3n) is 1.65. The summed E-state index contributed by atoms with van der Waals surface area (Å²) in [6.07, 6.45) is 6.23. The van der Waals surface area contributed by atoms with Crippen LogP contribution < -0.4 is 10.9 Å². The summed E-state index contributed by atoms with van der Waals surface area (Å²) in [4.78, 5) is 0.746. The van der Waals surface area contributed by atoms with Gasteiger partial charge in [0.05, 0.1) is 11.2 Å². The van der Waals surface area contributed by atoms with Crippen LogP contribution in [0.1, 0.15) is 19.3 Å². The maximum Gasteiger partial charge on any atom is 0.170 e. The monoisotopic (exact) mass is 223 g/mol. The highest BCUT2D eigenvalue weighted by Crippen LogP contribution is 1.98. The van der Waals surface area contributed by atoms with E-state index in [4.69, 9.17) is 12.2 Å². The molecular formula is C9H13N5S. The molecule has 1 heterocycles. The fourth-order valence-electron chi connectivity index (χ4n) is 0.911. The minimum atomic E-state index is 0.594. The van der Waals surface area contributed by atoms with Crippen LogP contribution in [0.3, 0.4) is 0 Å². The average molecular weight is 223 g/mol. The molecule has 0 radical (unpaired) electrons. The van der Waals surface area contributed by atoms with Crippen LogP contribution in [0, 0.1) is 0 Å². The first-order valence-corrected chi connectivity index (χ1v) is 5.04. The van der Waals surface area contributed by atoms with Gasteiger partial charge in [-0.05, 0) is 24.5 Å². The van der Waals surface area contributed by atoms with Gasteiger partial charge in [-0.3, -0.25) is 10.9 Å². The van der Waals surface area contributed by atoms with Gasteiger partial charge in [-0.2, -0.15) is 0 Å². The number of hydrazine groups is 1. The molecule has 6 heteroatoms. The number of allylic oxidation sites excluding steroid dienone is 1. The van der Waals surface area contributed by atoms with Crippen LogP contribution >= 0.6 is 12.2 Å². The van der Waals surface area contributed by atoms with Crippen molar-refractivity contribution in [3.8, 4) is 0 Å². The number of rotatable bonds is 6. The Kier molecular flexibility index (Phi) is 5.24. The van der Waals surface area contributed by atoms with Crippen LogP contribution in [-0.2, 0) is 0 Å². The zero-order chi connectivity index (χ0) is 10.9. The van der Waals surface area contributed by atoms with Gasteiger partial charge >= 0.3 is 0 Å². The first-order valence-electron chi connectivity index (χ1n) is 4.63. The van der Waals surface area contributed by atoms with Gasteiger partial charge in [0.2, 0.25) is 0 Å². The number of nitrogens with one attached hydrogen (secondary N) is 2. The lowest BCUT2D eigenvalue weighted by molar-refractivity contribution is 0.848. The Morgan fingerprint density at radius 1 is 1.60 bits per heavy atom. The smallest absolute Gasteiger partial charge is 0.170 e. The van der Waals surface area contributed by atoms with Gasteiger partial charge in [0.1, 0.15) is 0 Å². The summed E-state index contributed by atoms with van der Waals surface area (Å²) in [7, 11) is 0. The van der Waals surface area contributed by atoms with Gasteiger partial charge in [-0.15, -0.1) is 16.8 Å². The maximum absolute atomic E-state index is 5.09. The molecule has 2 N–H and O–H groups in total. The van der Waals surface area contributed by atoms with E-state index < -0.39 is 0 Å². The van der Waals surface area contributed by atoms with E-state index in [-0.39, 0.29) is 0 Å². The molecule has 0 spiro atoms. The van der Waals surface area contributed by atoms with Crippen molar-refractivity contribution in [3.63, 3.8) is 0 Å². The molecule has 0 fully saturated rings. The second-order valence-corrected chi connectivity index (χ2v) is 3.35. The predicted molar refractivity (Wildman–Crippen MR) is 63.2 cm³/mol. The topological polar surface area (TPSA) is 62.7 Å². The van der Waals surface area contributed by atoms with E-state index in [0.29, 0.717) is 5.82 Å². The summed E-state index contributed by atoms with van der Waals surface area (Å²) in [5.74, 6) is 0.594. The van der Waals surface area contributed by atoms with Crippen molar-refractivity contribution in [1.82, 2.24) is 20.8 Å². The number of nitrogens with zero attached hydrogens (tertiary/aromatic N) is 3. The highest BCUT2D eigenvalue weighted by molar-refractivity contribution is 7.80. The van der Waals surface area contributed by atoms with Crippen LogP contribution in [0.2, 0.25) is 0 Å². The van der Waals surface area contributed by atoms with Crippen LogP contribution in [0.15, 0.2) is 24.9 Å². The molecule has 15 heavy (non-hydrogen) atoms. The van der Waals surface area contributed by atoms with E-state index in [2.05, 4.69) is 32.8 Å². The molecular weight excluding hydrogens is 210 g/mol. The molecule has 0 aliphatic rings. The second kappa shape index (κ2) is 6.83. The molecule has 0 saturated carbocycles. The molecule has 0 bridgehead atoms. The van der Waals surface area contributed by atoms with Gasteiger partial charge < -0.3 is 0 Å². The van der Waals surface area contributed by atoms with Crippen molar-refractivity contribution in [2.45, 2.75) is 19.3 Å². The summed E-state index contributed by atoms with van der Waals surface area (Å²) in [6.45, 7) is 3.65. The maximum atomic E-state index is 5.09. The fourth-order valence-corrected chi connectivity index (χ4v) is 1.11. The third kappa shape index (κ3) is 5.02. The quantitative estimate of drug-likeness (QED) is 0.329. The van der Waals surface area contributed by atoms with Crippen molar-refractivity contribution in [3.05, 3.63) is 24.9 Å². The Hall–Kier alpha value is -1.56. The van der Waals surface area contributed by atoms with Gasteiger partial charge in [0.25, 0.3) is 0 Å². The first-order chi connectivity index (χ1) is 7.33. The van der Waals surface area contributed by atoms with E-state index in [1.54, 1.807) is 12.3 Å². The molecule has 80 valence electrons. The zero-order valence-electron chi connectivity index (χ0n) is 8.31. The van der Waals surface area contributed by atoms with Gasteiger partial charge in [-0.25, -0.2) is 0 Å². The van der Waals surface area contributed by atoms with Crippen LogP contribution in [0.4, 0.5) is 5.82 Å². The molecule has 0 aliphatic carbocycles. The second-order valence-electron chi connectivity index (χ2n) is 2.86. The zero-order valence-corrected chi connectivity index (χ0v) is 9.13. The minimum absolute atomic E-state index is 0.594. The molecule has 0 aromatic carbocycles. The number of aromatic nitrogens is 3. The minimum Gasteiger partial charge on any atom is -0.293 e. The van der Waals surface area contributed by atoms with Crippen molar-refractivity contribution in [1.29, 1.82) is 0 Å². The predicted octanol–water partition coefficient (Wildman–Crippen LogP) is 1.47. The Morgan fingerprint density at radius 3 is 3.13 bits per heavy atom. The van der Waals surface area contributed by atoms with E-state index in [9.17, 15) is 0 Å². The summed E-state index contributed by atoms with van der Waals surface area (Å²) in [5.41, 5.74) is 5.72. The lowest BCUT2D eigenvalue weighted by Crippen LogP contribution is -2.28. The molecule has 0 unspecified atom stereocenters. The summed E-state index contributed by atoms with van der Waals surface area (Å²) < 4.78 is 0. The largest absolute Gasteiger partial charge is 0.293 e. The van der Waals surface area contributed by atoms with Gasteiger partial charge in [0.15, 0.2) is 5.82 Å². The molecule has 0 aliphatic heterocycles. The lowest BCUT2D eigenvalue weighted by atomic mass is 10.2. The highest BCUT2D eigenvalue weighted by Gasteiger charge is 1.96. The average Bonchev–Trinajstić information content (AvgIpc) is 2.28. The lowest BCUT2D eigenvalue weighted by Gasteiger charge is -2.08. The SMILES string of the molecule is C=CCCCC(=S)NNc1ccnnn1. The van der Waals surface area contributed by atoms with Crippen molar-refractivity contribution in [2.24, 2.45) is 0 Å². The van der Waals surface area contributed by atoms with Crippen molar-refractivity contribution < 1.29 is 0 Å². The summed E-state index contributed by atoms with van der Waals surface area (Å²) in [5, 5.41) is 10.8. The van der Waals surface area contributed by atoms with Gasteiger partial charge in [-0.1, -0.05) is 18.3 Å². The molecule has 1 aromatic rings. The summed E-state index contributed by atoms with van der Waals surface area (Å²) in [6, 6.07) is 1.70. The van der Waals surface area contributed by atoms with E-state index in [1.165, 1.54) is 0 Å². The fraction of sp³-hybridized carbons (Fsp3) is 0.333. The van der Waals surface area contributed by atoms with E-state index >= 15 is 0 Å². The summed E-state index contributed by atoms with van der Waals surface area (Å²) >= 11 is 5.09. The first kappa shape index (κ1) is 11.5. The number of hydrogen-bond donors (Lipinski definition) is 2. The van der Waals surface area contributed by atoms with Crippen LogP contribution in [0.25, 0.3) is 0 Å². The van der Waals surface area contributed by atoms with Crippen molar-refractivity contribution >= 4 is 23.0 Å². The standard InChI is InChI=1S/C9H13N5S/c1-2-3-4-5-9(15)13-11-8-6-7-10-14-12-8/h2,6-7H,1,3-5H2,(H,13,15)(H,10,11,12). The third-order valence-corrected chi connectivity index (χ3v) is 1.95. The van der Waals surface area contributed by atoms with Gasteiger partial charge in [0, 0.05) is 6.07 Å². The van der Waals surface area contributed by atoms with Crippen LogP contribution in [-0.4, -0.2) is 20.4 Å². The van der Waals surface area contributed by atoms with Crippen molar-refractivity contribution in [2.75, 3.05) is 5.43 Å². The Bertz CT molecular complexity index is 314. The Balaban J connectivity index is 2.20. The Morgan fingerprint density at radius 2 is 2.47 bits per heavy atom. The van der Waals surface area contributed by atoms with E-state index in [1.807, 2.05) is 6.08 Å². The molecule has 0 atom stereocenters. The molecule has 1 aromatic heterocycles. The molecule has 5 nitrogen and oxygen atoms in total. The number of unbranched alkanes of at least 4 members (excludes halogenated alkanes) is 1. The highest BCUT2D eigenvalue weighted by atomic mass is 32.1. The number of hydrogen-bond acceptors (Lipinski definition) is 5. The van der Waals surface area contributed by atoms with Crippen LogP contribution in [0.5, 0.6) is 0 Å². The Labute approximate surface area is 94.0 Å². The van der Waals surface area contributed by atoms with E-state index in [0.717, 1.165) is 24.3 Å². The number of anilines is 1.